The van der Waals surface area contributed by atoms with Gasteiger partial charge < -0.3 is 26.3 Å². The molecule has 12 nitrogen and oxygen atoms in total. The van der Waals surface area contributed by atoms with E-state index in [1.165, 1.54) is 0 Å². The van der Waals surface area contributed by atoms with Crippen LogP contribution < -0.4 is 0 Å². The summed E-state index contributed by atoms with van der Waals surface area (Å²) < 4.78 is 75.5. The van der Waals surface area contributed by atoms with Gasteiger partial charge in [0.05, 0.1) is 0 Å². The second-order valence-corrected chi connectivity index (χ2v) is 10.3. The molecule has 0 saturated carbocycles. The van der Waals surface area contributed by atoms with E-state index in [1.54, 1.807) is 0 Å². The Hall–Kier alpha value is 1.01. The molecule has 0 bridgehead atoms. The molecule has 0 unspecified atom stereocenters. The second-order valence-electron chi connectivity index (χ2n) is 2.03. The van der Waals surface area contributed by atoms with Gasteiger partial charge in [0.25, 0.3) is 0 Å². The van der Waals surface area contributed by atoms with E-state index in [-0.39, 0.29) is 5.48 Å². The van der Waals surface area contributed by atoms with E-state index < -0.39 is 57.8 Å². The molecule has 96 valence electrons. The Morgan fingerprint density at radius 1 is 0.842 bits per heavy atom. The summed E-state index contributed by atoms with van der Waals surface area (Å²) in [6.07, 6.45) is 0. The summed E-state index contributed by atoms with van der Waals surface area (Å²) in [5, 5.41) is 0. The topological polar surface area (TPSA) is 172 Å². The molecule has 0 amide bonds. The average Bonchev–Trinajstić information content (AvgIpc) is 2.30. The maximum atomic E-state index is 11.0. The van der Waals surface area contributed by atoms with Crippen LogP contribution in [0.1, 0.15) is 0 Å². The molecule has 0 spiro atoms. The molecule has 0 aliphatic carbocycles. The molecule has 0 aromatic carbocycles. The molecule has 19 heteroatoms. The van der Waals surface area contributed by atoms with E-state index in [4.69, 9.17) is 6.35 Å². The van der Waals surface area contributed by atoms with Crippen LogP contribution in [0.2, 0.25) is 0 Å². The van der Waals surface area contributed by atoms with Gasteiger partial charge in [-0.1, -0.05) is 0 Å². The van der Waals surface area contributed by atoms with E-state index in [1.807, 2.05) is 0 Å². The molecule has 2 aliphatic rings. The zero-order valence-electron chi connectivity index (χ0n) is 9.06. The first-order valence-electron chi connectivity index (χ1n) is 3.83. The fourth-order valence-corrected chi connectivity index (χ4v) is 7.75. The van der Waals surface area contributed by atoms with Gasteiger partial charge >= 0.3 is 108 Å². The normalized spacial score (nSPS) is 13.7. The van der Waals surface area contributed by atoms with Crippen LogP contribution in [0.5, 0.6) is 0 Å². The predicted molar refractivity (Wildman–Crippen MR) is 53.8 cm³/mol. The first-order valence-corrected chi connectivity index (χ1v) is 11.5. The minimum absolute atomic E-state index is 0. The van der Waals surface area contributed by atoms with E-state index >= 15 is 0 Å². The molecule has 2 aliphatic heterocycles. The molecule has 0 aromatic rings. The minimum atomic E-state index is -2.83. The van der Waals surface area contributed by atoms with Crippen LogP contribution in [0, 0.1) is 0 Å². The van der Waals surface area contributed by atoms with E-state index in [0.29, 0.717) is 43.4 Å². The second kappa shape index (κ2) is 12.7. The Kier molecular flexibility index (Phi) is 14.9. The predicted octanol–water partition coefficient (Wildman–Crippen LogP) is -4.49. The molecule has 2 N–H and O–H groups in total. The number of hydrogen-bond acceptors (Lipinski definition) is 11. The van der Waals surface area contributed by atoms with Gasteiger partial charge in [0.15, 0.2) is 0 Å². The third-order valence-electron chi connectivity index (χ3n) is 1.15. The molecular weight excluding hydrogens is 379 g/mol. The van der Waals surface area contributed by atoms with Crippen LogP contribution in [0.3, 0.4) is 0 Å². The van der Waals surface area contributed by atoms with Crippen molar-refractivity contribution >= 4 is 101 Å². The molecule has 0 atom stereocenters. The first-order chi connectivity index (χ1) is 8.63. The maximum absolute atomic E-state index is 11.0. The van der Waals surface area contributed by atoms with Gasteiger partial charge in [0.2, 0.25) is 0 Å². The Labute approximate surface area is 146 Å². The van der Waals surface area contributed by atoms with Crippen molar-refractivity contribution in [2.24, 2.45) is 0 Å². The van der Waals surface area contributed by atoms with Crippen molar-refractivity contribution in [3.05, 3.63) is 0 Å². The summed E-state index contributed by atoms with van der Waals surface area (Å²) in [7, 11) is -7.63. The van der Waals surface area contributed by atoms with Crippen LogP contribution in [-0.4, -0.2) is 107 Å². The SMILES string of the molecule is O.O=[Si]1[O][Al]([O][Si](=O)[O][Al]2[O][Si](=O)[O]2)[O]1.[O]=[Mg].[O]=[Mg]. The van der Waals surface area contributed by atoms with Crippen LogP contribution in [0.4, 0.5) is 0 Å². The van der Waals surface area contributed by atoms with Crippen molar-refractivity contribution < 1.29 is 46.1 Å². The summed E-state index contributed by atoms with van der Waals surface area (Å²) in [4.78, 5) is 0. The summed E-state index contributed by atoms with van der Waals surface area (Å²) in [6.45, 7) is 0. The van der Waals surface area contributed by atoms with Gasteiger partial charge in [0, 0.05) is 0 Å². The molecule has 2 saturated heterocycles. The van der Waals surface area contributed by atoms with Crippen LogP contribution in [0.25, 0.3) is 0 Å². The van der Waals surface area contributed by atoms with Crippen molar-refractivity contribution in [2.45, 2.75) is 0 Å². The Morgan fingerprint density at radius 2 is 1.11 bits per heavy atom. The molecule has 2 rings (SSSR count). The van der Waals surface area contributed by atoms with Gasteiger partial charge in [-0.25, -0.2) is 0 Å². The van der Waals surface area contributed by atoms with Gasteiger partial charge in [0.1, 0.15) is 0 Å². The van der Waals surface area contributed by atoms with Gasteiger partial charge in [-0.15, -0.1) is 0 Å². The zero-order chi connectivity index (χ0) is 14.1. The molecular formula is H2Al2Mg2O12Si3. The molecule has 0 aromatic heterocycles. The monoisotopic (exact) mass is 380 g/mol. The summed E-state index contributed by atoms with van der Waals surface area (Å²) in [6, 6.07) is 0. The average molecular weight is 381 g/mol. The molecule has 2 fully saturated rings. The summed E-state index contributed by atoms with van der Waals surface area (Å²) in [5.74, 6) is 0. The number of rotatable bonds is 4. The third kappa shape index (κ3) is 8.79. The van der Waals surface area contributed by atoms with Gasteiger partial charge in [-0.2, -0.15) is 0 Å². The van der Waals surface area contributed by atoms with Crippen molar-refractivity contribution in [1.82, 2.24) is 0 Å². The van der Waals surface area contributed by atoms with E-state index in [9.17, 15) is 13.4 Å². The summed E-state index contributed by atoms with van der Waals surface area (Å²) >= 11 is -3.77. The Balaban J connectivity index is 0. The van der Waals surface area contributed by atoms with Gasteiger partial charge in [-0.3, -0.25) is 13.4 Å². The zero-order valence-corrected chi connectivity index (χ0v) is 17.2. The fraction of sp³-hybridized carbons (Fsp3) is 0. The molecule has 19 heavy (non-hydrogen) atoms. The van der Waals surface area contributed by atoms with Gasteiger partial charge in [-0.05, 0) is 0 Å². The van der Waals surface area contributed by atoms with Crippen molar-refractivity contribution in [3.63, 3.8) is 0 Å². The van der Waals surface area contributed by atoms with Crippen molar-refractivity contribution in [1.29, 1.82) is 0 Å². The summed E-state index contributed by atoms with van der Waals surface area (Å²) in [5.41, 5.74) is 0. The van der Waals surface area contributed by atoms with Crippen LogP contribution in [0.15, 0.2) is 0 Å². The standard InChI is InChI=1S/2Al.2Mg.3O3Si.H2O.2O/c;;;;3*1-4(2)3;;;/h;;;;;;;1H2;;/q2*+3;;;3*-2;;;. The molecule has 2 heterocycles. The Morgan fingerprint density at radius 3 is 1.32 bits per heavy atom. The Bertz CT molecular complexity index is 291. The number of hydrogen-bond donors (Lipinski definition) is 0. The van der Waals surface area contributed by atoms with E-state index in [2.05, 4.69) is 20.9 Å². The van der Waals surface area contributed by atoms with Crippen LogP contribution >= 0.6 is 0 Å². The van der Waals surface area contributed by atoms with Crippen molar-refractivity contribution in [3.8, 4) is 0 Å². The van der Waals surface area contributed by atoms with Crippen LogP contribution in [-0.2, 0) is 40.6 Å². The fourth-order valence-electron chi connectivity index (χ4n) is 0.613. The first kappa shape index (κ1) is 22.3. The molecule has 0 radical (unpaired) electrons. The third-order valence-corrected chi connectivity index (χ3v) is 10.4. The quantitative estimate of drug-likeness (QED) is 0.430. The van der Waals surface area contributed by atoms with E-state index in [0.717, 1.165) is 0 Å². The van der Waals surface area contributed by atoms with Crippen molar-refractivity contribution in [2.75, 3.05) is 0 Å².